The molecule has 0 bridgehead atoms. The standard InChI is InChI=1S/C16H15BrN6O/c1-22-5-4-14(21-22)15(24)19-12-8-23(9-12)16-18-7-10-6-11(17)2-3-13(10)20-16/h2-7,12H,8-9H2,1H3,(H,19,24). The zero-order valence-electron chi connectivity index (χ0n) is 13.0. The first-order valence-corrected chi connectivity index (χ1v) is 8.35. The molecule has 24 heavy (non-hydrogen) atoms. The average Bonchev–Trinajstić information content (AvgIpc) is 2.96. The number of rotatable bonds is 3. The number of aryl methyl sites for hydroxylation is 1. The smallest absolute Gasteiger partial charge is 0.272 e. The van der Waals surface area contributed by atoms with Crippen LogP contribution < -0.4 is 10.2 Å². The number of amides is 1. The second-order valence-electron chi connectivity index (χ2n) is 5.82. The summed E-state index contributed by atoms with van der Waals surface area (Å²) >= 11 is 3.44. The molecule has 122 valence electrons. The number of carbonyl (C=O) groups is 1. The molecule has 2 aromatic heterocycles. The van der Waals surface area contributed by atoms with Crippen molar-refractivity contribution in [3.05, 3.63) is 46.8 Å². The number of anilines is 1. The summed E-state index contributed by atoms with van der Waals surface area (Å²) in [6, 6.07) is 7.71. The molecule has 1 N–H and O–H groups in total. The Kier molecular flexibility index (Phi) is 3.68. The quantitative estimate of drug-likeness (QED) is 0.741. The molecule has 1 aliphatic heterocycles. The van der Waals surface area contributed by atoms with Gasteiger partial charge in [-0.2, -0.15) is 5.10 Å². The van der Waals surface area contributed by atoms with E-state index in [1.54, 1.807) is 24.0 Å². The van der Waals surface area contributed by atoms with E-state index in [9.17, 15) is 4.79 Å². The van der Waals surface area contributed by atoms with Crippen LogP contribution in [0.25, 0.3) is 10.9 Å². The van der Waals surface area contributed by atoms with E-state index in [0.29, 0.717) is 24.7 Å². The van der Waals surface area contributed by atoms with Crippen molar-refractivity contribution < 1.29 is 4.79 Å². The monoisotopic (exact) mass is 386 g/mol. The van der Waals surface area contributed by atoms with Crippen LogP contribution in [0.1, 0.15) is 10.5 Å². The summed E-state index contributed by atoms with van der Waals surface area (Å²) in [7, 11) is 1.79. The molecule has 0 saturated carbocycles. The molecule has 0 aliphatic carbocycles. The Balaban J connectivity index is 1.40. The number of carbonyl (C=O) groups excluding carboxylic acids is 1. The van der Waals surface area contributed by atoms with Crippen LogP contribution in [0.5, 0.6) is 0 Å². The highest BCUT2D eigenvalue weighted by molar-refractivity contribution is 9.10. The third-order valence-corrected chi connectivity index (χ3v) is 4.47. The van der Waals surface area contributed by atoms with Gasteiger partial charge in [-0.3, -0.25) is 9.48 Å². The highest BCUT2D eigenvalue weighted by Crippen LogP contribution is 2.22. The van der Waals surface area contributed by atoms with Crippen molar-refractivity contribution in [1.82, 2.24) is 25.1 Å². The Hall–Kier alpha value is -2.48. The van der Waals surface area contributed by atoms with Gasteiger partial charge < -0.3 is 10.2 Å². The predicted octanol–water partition coefficient (Wildman–Crippen LogP) is 1.74. The van der Waals surface area contributed by atoms with E-state index in [0.717, 1.165) is 15.4 Å². The van der Waals surface area contributed by atoms with Crippen molar-refractivity contribution in [2.45, 2.75) is 6.04 Å². The molecule has 1 aromatic carbocycles. The molecule has 1 aliphatic rings. The van der Waals surface area contributed by atoms with Gasteiger partial charge >= 0.3 is 0 Å². The van der Waals surface area contributed by atoms with Crippen LogP contribution in [0.3, 0.4) is 0 Å². The van der Waals surface area contributed by atoms with E-state index in [4.69, 9.17) is 0 Å². The molecule has 3 aromatic rings. The first-order chi connectivity index (χ1) is 11.6. The average molecular weight is 387 g/mol. The van der Waals surface area contributed by atoms with E-state index in [1.165, 1.54) is 0 Å². The second-order valence-corrected chi connectivity index (χ2v) is 6.74. The molecule has 0 unspecified atom stereocenters. The predicted molar refractivity (Wildman–Crippen MR) is 93.9 cm³/mol. The van der Waals surface area contributed by atoms with Crippen molar-refractivity contribution in [2.24, 2.45) is 7.05 Å². The Morgan fingerprint density at radius 2 is 2.17 bits per heavy atom. The Morgan fingerprint density at radius 3 is 2.92 bits per heavy atom. The maximum absolute atomic E-state index is 12.1. The van der Waals surface area contributed by atoms with Crippen molar-refractivity contribution in [2.75, 3.05) is 18.0 Å². The molecule has 0 atom stereocenters. The summed E-state index contributed by atoms with van der Waals surface area (Å²) < 4.78 is 2.62. The minimum atomic E-state index is -0.149. The summed E-state index contributed by atoms with van der Waals surface area (Å²) in [5.74, 6) is 0.540. The van der Waals surface area contributed by atoms with Crippen LogP contribution in [-0.2, 0) is 7.05 Å². The van der Waals surface area contributed by atoms with E-state index >= 15 is 0 Å². The highest BCUT2D eigenvalue weighted by Gasteiger charge is 2.30. The van der Waals surface area contributed by atoms with Gasteiger partial charge in [0.1, 0.15) is 5.69 Å². The number of benzene rings is 1. The van der Waals surface area contributed by atoms with Crippen molar-refractivity contribution in [3.63, 3.8) is 0 Å². The van der Waals surface area contributed by atoms with E-state index in [2.05, 4.69) is 36.3 Å². The Morgan fingerprint density at radius 1 is 1.33 bits per heavy atom. The first-order valence-electron chi connectivity index (χ1n) is 7.56. The molecule has 1 amide bonds. The van der Waals surface area contributed by atoms with Gasteiger partial charge in [-0.1, -0.05) is 15.9 Å². The second kappa shape index (κ2) is 5.86. The number of fused-ring (bicyclic) bond motifs is 1. The fraction of sp³-hybridized carbons (Fsp3) is 0.250. The SMILES string of the molecule is Cn1ccc(C(=O)NC2CN(c3ncc4cc(Br)ccc4n3)C2)n1. The van der Waals surface area contributed by atoms with Gasteiger partial charge in [0, 0.05) is 42.4 Å². The number of nitrogens with one attached hydrogen (secondary N) is 1. The Bertz CT molecular complexity index is 918. The van der Waals surface area contributed by atoms with Gasteiger partial charge in [-0.25, -0.2) is 9.97 Å². The van der Waals surface area contributed by atoms with Crippen molar-refractivity contribution >= 4 is 38.7 Å². The van der Waals surface area contributed by atoms with Gasteiger partial charge in [0.25, 0.3) is 5.91 Å². The number of nitrogens with zero attached hydrogens (tertiary/aromatic N) is 5. The summed E-state index contributed by atoms with van der Waals surface area (Å²) in [6.07, 6.45) is 3.57. The maximum atomic E-state index is 12.1. The van der Waals surface area contributed by atoms with Gasteiger partial charge in [0.15, 0.2) is 0 Å². The number of hydrogen-bond donors (Lipinski definition) is 1. The van der Waals surface area contributed by atoms with Crippen LogP contribution in [-0.4, -0.2) is 44.8 Å². The largest absolute Gasteiger partial charge is 0.344 e. The van der Waals surface area contributed by atoms with Crippen LogP contribution in [0.2, 0.25) is 0 Å². The van der Waals surface area contributed by atoms with E-state index in [-0.39, 0.29) is 11.9 Å². The van der Waals surface area contributed by atoms with Gasteiger partial charge in [-0.15, -0.1) is 0 Å². The third kappa shape index (κ3) is 2.84. The number of aromatic nitrogens is 4. The normalized spacial score (nSPS) is 14.7. The molecule has 8 heteroatoms. The summed E-state index contributed by atoms with van der Waals surface area (Å²) in [5.41, 5.74) is 1.34. The molecule has 1 saturated heterocycles. The minimum Gasteiger partial charge on any atom is -0.344 e. The fourth-order valence-electron chi connectivity index (χ4n) is 2.68. The molecule has 4 rings (SSSR count). The highest BCUT2D eigenvalue weighted by atomic mass is 79.9. The third-order valence-electron chi connectivity index (χ3n) is 3.97. The van der Waals surface area contributed by atoms with Crippen molar-refractivity contribution in [1.29, 1.82) is 0 Å². The topological polar surface area (TPSA) is 75.9 Å². The lowest BCUT2D eigenvalue weighted by Crippen LogP contribution is -2.60. The maximum Gasteiger partial charge on any atom is 0.272 e. The lowest BCUT2D eigenvalue weighted by atomic mass is 10.1. The molecule has 1 fully saturated rings. The summed E-state index contributed by atoms with van der Waals surface area (Å²) in [5, 5.41) is 8.07. The number of hydrogen-bond acceptors (Lipinski definition) is 5. The summed E-state index contributed by atoms with van der Waals surface area (Å²) in [4.78, 5) is 23.1. The molecule has 3 heterocycles. The number of halogens is 1. The van der Waals surface area contributed by atoms with Crippen LogP contribution >= 0.6 is 15.9 Å². The molecular formula is C16H15BrN6O. The molecule has 0 spiro atoms. The molecule has 0 radical (unpaired) electrons. The molecule has 7 nitrogen and oxygen atoms in total. The fourth-order valence-corrected chi connectivity index (χ4v) is 3.05. The van der Waals surface area contributed by atoms with Gasteiger partial charge in [0.05, 0.1) is 11.6 Å². The van der Waals surface area contributed by atoms with Gasteiger partial charge in [0.2, 0.25) is 5.95 Å². The van der Waals surface area contributed by atoms with E-state index < -0.39 is 0 Å². The van der Waals surface area contributed by atoms with Crippen LogP contribution in [0, 0.1) is 0 Å². The zero-order chi connectivity index (χ0) is 16.7. The lowest BCUT2D eigenvalue weighted by molar-refractivity contribution is 0.0924. The minimum absolute atomic E-state index is 0.0868. The van der Waals surface area contributed by atoms with Crippen LogP contribution in [0.15, 0.2) is 41.1 Å². The lowest BCUT2D eigenvalue weighted by Gasteiger charge is -2.39. The van der Waals surface area contributed by atoms with Crippen molar-refractivity contribution in [3.8, 4) is 0 Å². The van der Waals surface area contributed by atoms with Crippen LogP contribution in [0.4, 0.5) is 5.95 Å². The molecular weight excluding hydrogens is 372 g/mol. The zero-order valence-corrected chi connectivity index (χ0v) is 14.6. The Labute approximate surface area is 146 Å². The van der Waals surface area contributed by atoms with Gasteiger partial charge in [-0.05, 0) is 24.3 Å². The summed E-state index contributed by atoms with van der Waals surface area (Å²) in [6.45, 7) is 1.39. The van der Waals surface area contributed by atoms with E-state index in [1.807, 2.05) is 29.3 Å². The first kappa shape index (κ1) is 15.1.